The average Bonchev–Trinajstić information content (AvgIpc) is 3.17. The van der Waals surface area contributed by atoms with Crippen molar-refractivity contribution in [2.75, 3.05) is 13.1 Å². The van der Waals surface area contributed by atoms with Gasteiger partial charge in [-0.3, -0.25) is 4.79 Å². The summed E-state index contributed by atoms with van der Waals surface area (Å²) in [5.41, 5.74) is 4.52. The van der Waals surface area contributed by atoms with Gasteiger partial charge in [-0.15, -0.1) is 0 Å². The lowest BCUT2D eigenvalue weighted by atomic mass is 9.85. The summed E-state index contributed by atoms with van der Waals surface area (Å²) >= 11 is 0. The maximum atomic E-state index is 12.3. The predicted octanol–water partition coefficient (Wildman–Crippen LogP) is 3.73. The van der Waals surface area contributed by atoms with Crippen LogP contribution in [0, 0.1) is 11.8 Å². The summed E-state index contributed by atoms with van der Waals surface area (Å²) in [5.74, 6) is 1.19. The second kappa shape index (κ2) is 9.23. The number of hydrogen-bond acceptors (Lipinski definition) is 3. The van der Waals surface area contributed by atoms with Crippen LogP contribution < -0.4 is 10.6 Å². The van der Waals surface area contributed by atoms with E-state index in [1.165, 1.54) is 18.4 Å². The molecule has 0 radical (unpaired) electrons. The van der Waals surface area contributed by atoms with Crippen molar-refractivity contribution in [3.05, 3.63) is 66.0 Å². The quantitative estimate of drug-likeness (QED) is 0.646. The number of piperidine rings is 1. The van der Waals surface area contributed by atoms with Crippen molar-refractivity contribution in [1.29, 1.82) is 0 Å². The van der Waals surface area contributed by atoms with E-state index in [9.17, 15) is 4.79 Å². The Kier molecular flexibility index (Phi) is 6.25. The van der Waals surface area contributed by atoms with Gasteiger partial charge in [0.05, 0.1) is 17.4 Å². The number of imidazole rings is 1. The largest absolute Gasteiger partial charge is 0.352 e. The number of benzene rings is 2. The van der Waals surface area contributed by atoms with Crippen LogP contribution in [0.4, 0.5) is 0 Å². The highest BCUT2D eigenvalue weighted by atomic mass is 16.1. The number of nitrogens with one attached hydrogen (secondary N) is 2. The van der Waals surface area contributed by atoms with E-state index in [1.54, 1.807) is 0 Å². The van der Waals surface area contributed by atoms with E-state index >= 15 is 0 Å². The van der Waals surface area contributed by atoms with Crippen molar-refractivity contribution in [3.63, 3.8) is 0 Å². The van der Waals surface area contributed by atoms with Gasteiger partial charge in [0.15, 0.2) is 0 Å². The van der Waals surface area contributed by atoms with Crippen LogP contribution in [0.25, 0.3) is 11.0 Å². The second-order valence-electron chi connectivity index (χ2n) is 8.24. The predicted molar refractivity (Wildman–Crippen MR) is 116 cm³/mol. The van der Waals surface area contributed by atoms with Crippen molar-refractivity contribution < 1.29 is 4.79 Å². The lowest BCUT2D eigenvalue weighted by Gasteiger charge is -2.28. The van der Waals surface area contributed by atoms with Gasteiger partial charge in [-0.25, -0.2) is 4.98 Å². The highest BCUT2D eigenvalue weighted by molar-refractivity contribution is 5.76. The summed E-state index contributed by atoms with van der Waals surface area (Å²) in [4.78, 5) is 16.8. The number of rotatable bonds is 7. The van der Waals surface area contributed by atoms with E-state index in [2.05, 4.69) is 57.4 Å². The van der Waals surface area contributed by atoms with E-state index in [1.807, 2.05) is 24.5 Å². The second-order valence-corrected chi connectivity index (χ2v) is 8.24. The highest BCUT2D eigenvalue weighted by Crippen LogP contribution is 2.22. The number of aromatic nitrogens is 2. The number of carbonyl (C=O) groups is 1. The minimum Gasteiger partial charge on any atom is -0.352 e. The third-order valence-electron chi connectivity index (χ3n) is 6.04. The maximum Gasteiger partial charge on any atom is 0.220 e. The molecule has 0 saturated carbocycles. The number of nitrogens with zero attached hydrogens (tertiary/aromatic N) is 2. The molecule has 1 saturated heterocycles. The molecule has 1 aromatic heterocycles. The molecule has 5 heteroatoms. The molecule has 2 atom stereocenters. The molecule has 2 N–H and O–H groups in total. The molecule has 2 heterocycles. The van der Waals surface area contributed by atoms with Crippen LogP contribution in [0.1, 0.15) is 37.3 Å². The van der Waals surface area contributed by atoms with E-state index < -0.39 is 0 Å². The van der Waals surface area contributed by atoms with Crippen LogP contribution in [0.15, 0.2) is 54.9 Å². The standard InChI is InChI=1S/C24H30N4O/c1-18(21-5-4-12-25-15-21)13-24(29)26-14-19-8-10-20(11-9-19)16-28-17-27-22-6-2-3-7-23(22)28/h2-3,6-11,17-18,21,25H,4-5,12-16H2,1H3,(H,26,29). The number of fused-ring (bicyclic) bond motifs is 1. The van der Waals surface area contributed by atoms with Gasteiger partial charge in [0.1, 0.15) is 0 Å². The lowest BCUT2D eigenvalue weighted by molar-refractivity contribution is -0.122. The first-order valence-electron chi connectivity index (χ1n) is 10.6. The first-order chi connectivity index (χ1) is 14.2. The molecule has 5 nitrogen and oxygen atoms in total. The summed E-state index contributed by atoms with van der Waals surface area (Å²) in [6.45, 7) is 5.74. The fourth-order valence-electron chi connectivity index (χ4n) is 4.19. The molecule has 4 rings (SSSR count). The Hall–Kier alpha value is -2.66. The molecule has 152 valence electrons. The van der Waals surface area contributed by atoms with Crippen LogP contribution in [-0.4, -0.2) is 28.5 Å². The van der Waals surface area contributed by atoms with Crippen molar-refractivity contribution in [2.45, 2.75) is 39.3 Å². The first kappa shape index (κ1) is 19.6. The summed E-state index contributed by atoms with van der Waals surface area (Å²) in [6.07, 6.45) is 4.95. The minimum absolute atomic E-state index is 0.150. The number of amides is 1. The van der Waals surface area contributed by atoms with Gasteiger partial charge >= 0.3 is 0 Å². The summed E-state index contributed by atoms with van der Waals surface area (Å²) in [7, 11) is 0. The zero-order valence-corrected chi connectivity index (χ0v) is 17.1. The lowest BCUT2D eigenvalue weighted by Crippen LogP contribution is -2.35. The van der Waals surface area contributed by atoms with E-state index in [-0.39, 0.29) is 5.91 Å². The number of hydrogen-bond donors (Lipinski definition) is 2. The van der Waals surface area contributed by atoms with Crippen molar-refractivity contribution >= 4 is 16.9 Å². The Labute approximate surface area is 172 Å². The van der Waals surface area contributed by atoms with E-state index in [0.717, 1.165) is 36.2 Å². The zero-order valence-electron chi connectivity index (χ0n) is 17.1. The zero-order chi connectivity index (χ0) is 20.1. The van der Waals surface area contributed by atoms with Gasteiger partial charge in [0.2, 0.25) is 5.91 Å². The molecule has 1 amide bonds. The summed E-state index contributed by atoms with van der Waals surface area (Å²) < 4.78 is 2.16. The van der Waals surface area contributed by atoms with Gasteiger partial charge in [0.25, 0.3) is 0 Å². The molecule has 2 unspecified atom stereocenters. The summed E-state index contributed by atoms with van der Waals surface area (Å²) in [6, 6.07) is 16.6. The number of carbonyl (C=O) groups excluding carboxylic acids is 1. The highest BCUT2D eigenvalue weighted by Gasteiger charge is 2.21. The Morgan fingerprint density at radius 1 is 1.21 bits per heavy atom. The molecule has 0 bridgehead atoms. The Morgan fingerprint density at radius 3 is 2.79 bits per heavy atom. The van der Waals surface area contributed by atoms with Gasteiger partial charge in [-0.1, -0.05) is 43.3 Å². The van der Waals surface area contributed by atoms with Gasteiger partial charge < -0.3 is 15.2 Å². The van der Waals surface area contributed by atoms with Crippen LogP contribution in [0.5, 0.6) is 0 Å². The first-order valence-corrected chi connectivity index (χ1v) is 10.6. The van der Waals surface area contributed by atoms with Crippen LogP contribution >= 0.6 is 0 Å². The normalized spacial score (nSPS) is 17.9. The fraction of sp³-hybridized carbons (Fsp3) is 0.417. The van der Waals surface area contributed by atoms with Crippen LogP contribution in [-0.2, 0) is 17.9 Å². The molecule has 1 fully saturated rings. The van der Waals surface area contributed by atoms with Gasteiger partial charge in [0, 0.05) is 19.5 Å². The number of para-hydroxylation sites is 2. The molecule has 1 aliphatic heterocycles. The molecule has 1 aliphatic rings. The Morgan fingerprint density at radius 2 is 2.00 bits per heavy atom. The van der Waals surface area contributed by atoms with Crippen molar-refractivity contribution in [3.8, 4) is 0 Å². The molecule has 0 spiro atoms. The van der Waals surface area contributed by atoms with Crippen LogP contribution in [0.2, 0.25) is 0 Å². The molecule has 3 aromatic rings. The van der Waals surface area contributed by atoms with Gasteiger partial charge in [-0.05, 0) is 61.0 Å². The average molecular weight is 391 g/mol. The smallest absolute Gasteiger partial charge is 0.220 e. The Bertz CT molecular complexity index is 941. The minimum atomic E-state index is 0.150. The Balaban J connectivity index is 1.27. The molecule has 29 heavy (non-hydrogen) atoms. The van der Waals surface area contributed by atoms with Crippen LogP contribution in [0.3, 0.4) is 0 Å². The SMILES string of the molecule is CC(CC(=O)NCc1ccc(Cn2cnc3ccccc32)cc1)C1CCCNC1. The molecule has 2 aromatic carbocycles. The maximum absolute atomic E-state index is 12.3. The van der Waals surface area contributed by atoms with E-state index in [4.69, 9.17) is 0 Å². The fourth-order valence-corrected chi connectivity index (χ4v) is 4.19. The van der Waals surface area contributed by atoms with E-state index in [0.29, 0.717) is 24.8 Å². The van der Waals surface area contributed by atoms with Crippen molar-refractivity contribution in [1.82, 2.24) is 20.2 Å². The monoisotopic (exact) mass is 390 g/mol. The molecular weight excluding hydrogens is 360 g/mol. The summed E-state index contributed by atoms with van der Waals surface area (Å²) in [5, 5.41) is 6.52. The molecule has 0 aliphatic carbocycles. The third kappa shape index (κ3) is 5.04. The molecular formula is C24H30N4O. The van der Waals surface area contributed by atoms with Gasteiger partial charge in [-0.2, -0.15) is 0 Å². The third-order valence-corrected chi connectivity index (χ3v) is 6.04. The topological polar surface area (TPSA) is 59.0 Å². The van der Waals surface area contributed by atoms with Crippen molar-refractivity contribution in [2.24, 2.45) is 11.8 Å².